The van der Waals surface area contributed by atoms with Crippen LogP contribution < -0.4 is 5.73 Å². The number of halogens is 1. The molecule has 1 fully saturated rings. The first kappa shape index (κ1) is 32.1. The molecular formula is C22H24FN9O9P2S2. The molecule has 45 heavy (non-hydrogen) atoms. The predicted octanol–water partition coefficient (Wildman–Crippen LogP) is 2.32. The molecule has 2 unspecified atom stereocenters. The van der Waals surface area contributed by atoms with E-state index in [1.165, 1.54) is 26.9 Å². The molecule has 6 atom stereocenters. The van der Waals surface area contributed by atoms with E-state index in [1.54, 1.807) is 11.7 Å². The molecule has 18 nitrogen and oxygen atoms in total. The van der Waals surface area contributed by atoms with Crippen molar-refractivity contribution < 1.29 is 46.0 Å². The number of nitrogens with two attached hydrogens (primary N) is 1. The number of nitrogens with zero attached hydrogens (tertiary/aromatic N) is 8. The number of ketones is 1. The van der Waals surface area contributed by atoms with Crippen LogP contribution in [0.4, 0.5) is 10.2 Å². The molecule has 3 aromatic rings. The second-order valence-corrected chi connectivity index (χ2v) is 14.9. The molecule has 0 amide bonds. The topological polar surface area (TPSA) is 214 Å². The lowest BCUT2D eigenvalue weighted by Crippen LogP contribution is -2.32. The van der Waals surface area contributed by atoms with Crippen molar-refractivity contribution in [2.45, 2.75) is 44.2 Å². The summed E-state index contributed by atoms with van der Waals surface area (Å²) in [5.74, 6) is 0.0346. The number of ether oxygens (including phenoxy) is 1. The van der Waals surface area contributed by atoms with Gasteiger partial charge in [-0.15, -0.1) is 16.4 Å². The van der Waals surface area contributed by atoms with Gasteiger partial charge < -0.3 is 24.7 Å². The van der Waals surface area contributed by atoms with E-state index in [0.29, 0.717) is 4.88 Å². The number of thiazole rings is 1. The zero-order valence-electron chi connectivity index (χ0n) is 22.9. The third-order valence-corrected chi connectivity index (χ3v) is 10.3. The van der Waals surface area contributed by atoms with Crippen LogP contribution in [0.1, 0.15) is 29.0 Å². The Balaban J connectivity index is 1.34. The fourth-order valence-electron chi connectivity index (χ4n) is 4.57. The van der Waals surface area contributed by atoms with E-state index < -0.39 is 58.1 Å². The minimum atomic E-state index is -4.38. The maximum Gasteiger partial charge on any atom is 0.475 e. The minimum Gasteiger partial charge on any atom is -0.387 e. The van der Waals surface area contributed by atoms with Gasteiger partial charge in [0.15, 0.2) is 41.3 Å². The highest BCUT2D eigenvalue weighted by atomic mass is 32.5. The lowest BCUT2D eigenvalue weighted by Gasteiger charge is -2.26. The third-order valence-electron chi connectivity index (χ3n) is 6.58. The van der Waals surface area contributed by atoms with Gasteiger partial charge in [0.05, 0.1) is 42.9 Å². The maximum atomic E-state index is 16.1. The van der Waals surface area contributed by atoms with Crippen LogP contribution in [0.5, 0.6) is 0 Å². The Labute approximate surface area is 263 Å². The van der Waals surface area contributed by atoms with Gasteiger partial charge in [-0.3, -0.25) is 32.4 Å². The number of phosphoric ester groups is 1. The molecule has 6 heterocycles. The van der Waals surface area contributed by atoms with Crippen molar-refractivity contribution >= 4 is 55.1 Å². The van der Waals surface area contributed by atoms with Crippen molar-refractivity contribution in [2.75, 3.05) is 26.4 Å². The first-order valence-corrected chi connectivity index (χ1v) is 18.1. The maximum absolute atomic E-state index is 16.1. The molecule has 6 rings (SSSR count). The summed E-state index contributed by atoms with van der Waals surface area (Å²) in [6.45, 7) is 0.943. The second-order valence-electron chi connectivity index (χ2n) is 9.58. The van der Waals surface area contributed by atoms with E-state index in [2.05, 4.69) is 29.9 Å². The second kappa shape index (κ2) is 13.1. The zero-order chi connectivity index (χ0) is 31.8. The Kier molecular flexibility index (Phi) is 9.34. The van der Waals surface area contributed by atoms with Crippen LogP contribution in [0.25, 0.3) is 15.5 Å². The van der Waals surface area contributed by atoms with Gasteiger partial charge in [-0.2, -0.15) is 0 Å². The van der Waals surface area contributed by atoms with Gasteiger partial charge in [0.25, 0.3) is 0 Å². The number of carbonyl (C=O) groups is 1. The Morgan fingerprint density at radius 2 is 2.20 bits per heavy atom. The first-order valence-electron chi connectivity index (χ1n) is 13.1. The molecule has 0 saturated carbocycles. The lowest BCUT2D eigenvalue weighted by atomic mass is 10.1. The Morgan fingerprint density at radius 1 is 1.36 bits per heavy atom. The third kappa shape index (κ3) is 6.96. The van der Waals surface area contributed by atoms with Crippen molar-refractivity contribution in [3.05, 3.63) is 41.0 Å². The number of fused-ring (bicyclic) bond motifs is 4. The van der Waals surface area contributed by atoms with Crippen molar-refractivity contribution in [3.8, 4) is 10.7 Å². The summed E-state index contributed by atoms with van der Waals surface area (Å²) in [7, 11) is -4.38. The highest BCUT2D eigenvalue weighted by Crippen LogP contribution is 2.53. The molecule has 3 aliphatic rings. The molecule has 3 aromatic heterocycles. The van der Waals surface area contributed by atoms with E-state index in [4.69, 9.17) is 51.5 Å². The number of imidazole rings is 1. The normalized spacial score (nSPS) is 30.9. The number of alkyl halides is 1. The van der Waals surface area contributed by atoms with Gasteiger partial charge in [-0.1, -0.05) is 0 Å². The van der Waals surface area contributed by atoms with Gasteiger partial charge in [-0.05, 0) is 11.8 Å². The van der Waals surface area contributed by atoms with Gasteiger partial charge in [0.1, 0.15) is 31.3 Å². The van der Waals surface area contributed by atoms with Crippen LogP contribution in [0, 0.1) is 6.57 Å². The molecule has 1 saturated heterocycles. The van der Waals surface area contributed by atoms with Crippen molar-refractivity contribution in [1.82, 2.24) is 29.3 Å². The number of aromatic nitrogens is 6. The Bertz CT molecular complexity index is 1750. The molecule has 2 bridgehead atoms. The number of amidine groups is 1. The number of phosphoric acid groups is 1. The number of hydrogen-bond donors (Lipinski definition) is 2. The Morgan fingerprint density at radius 3 is 2.98 bits per heavy atom. The largest absolute Gasteiger partial charge is 0.475 e. The van der Waals surface area contributed by atoms with Crippen LogP contribution in [-0.4, -0.2) is 90.6 Å². The monoisotopic (exact) mass is 703 g/mol. The quantitative estimate of drug-likeness (QED) is 0.222. The summed E-state index contributed by atoms with van der Waals surface area (Å²) >= 11 is 6.52. The average Bonchev–Trinajstić information content (AvgIpc) is 3.79. The van der Waals surface area contributed by atoms with Gasteiger partial charge in [0, 0.05) is 6.20 Å². The molecule has 3 N–H and O–H groups in total. The van der Waals surface area contributed by atoms with Crippen molar-refractivity contribution in [3.63, 3.8) is 0 Å². The standard InChI is InChI=1S/C22H24FN9O9P2S2/c1-25-2-4-36-42(34)37-5-3-32-16(29-20(30-32)14-7-26-11-45-14)9-39-43(35,44)41-19-17(23)13(8-38-42)40-22(19)31-10-27-18-12(33)6-15(24)28-21(18)31/h7,10-11,13,17,19,22H,2-6,8-9H2,(H2,24,28)(H,35,44)/t13-,17-,19-,22-,42?,43?/m1/s1. The van der Waals surface area contributed by atoms with Gasteiger partial charge >= 0.3 is 14.5 Å². The first-order chi connectivity index (χ1) is 21.6. The minimum absolute atomic E-state index is 0.00271. The molecule has 0 aromatic carbocycles. The molecule has 3 aliphatic heterocycles. The van der Waals surface area contributed by atoms with Crippen LogP contribution in [0.3, 0.4) is 0 Å². The van der Waals surface area contributed by atoms with Crippen LogP contribution in [0.15, 0.2) is 23.0 Å². The van der Waals surface area contributed by atoms with Gasteiger partial charge in [-0.25, -0.2) is 35.2 Å². The van der Waals surface area contributed by atoms with E-state index in [9.17, 15) is 14.3 Å². The molecule has 23 heteroatoms. The number of aliphatic imine (C=N–C) groups is 1. The van der Waals surface area contributed by atoms with E-state index >= 15 is 4.39 Å². The SMILES string of the molecule is [C-]#[N+]CCOP1(=O)OCCn2nc(-c3cncs3)nc2COP(O)(=S)O[C@@H]2[C@H](F)[C@@H](CO1)O[C@H]2n1cnc2c1N=C(N)CC2=O. The Hall–Kier alpha value is -2.86. The van der Waals surface area contributed by atoms with Crippen LogP contribution in [-0.2, 0) is 56.9 Å². The van der Waals surface area contributed by atoms with Crippen LogP contribution in [0.2, 0.25) is 0 Å². The average molecular weight is 704 g/mol. The summed E-state index contributed by atoms with van der Waals surface area (Å²) in [4.78, 5) is 44.0. The highest BCUT2D eigenvalue weighted by Gasteiger charge is 2.51. The fraction of sp³-hybridized carbons (Fsp3) is 0.500. The molecule has 240 valence electrons. The summed E-state index contributed by atoms with van der Waals surface area (Å²) in [6, 6.07) is 0. The fourth-order valence-corrected chi connectivity index (χ4v) is 7.60. The van der Waals surface area contributed by atoms with E-state index in [1.807, 2.05) is 0 Å². The highest BCUT2D eigenvalue weighted by molar-refractivity contribution is 8.07. The number of Topliss-reactive ketones (excluding diaryl/α,β-unsaturated/α-hetero) is 1. The number of rotatable bonds is 5. The molecule has 0 radical (unpaired) electrons. The number of carbonyl (C=O) groups excluding carboxylic acids is 1. The molecular weight excluding hydrogens is 679 g/mol. The summed E-state index contributed by atoms with van der Waals surface area (Å²) in [5, 5.41) is 4.42. The van der Waals surface area contributed by atoms with Crippen molar-refractivity contribution in [2.24, 2.45) is 10.7 Å². The molecule has 0 spiro atoms. The van der Waals surface area contributed by atoms with Gasteiger partial charge in [0.2, 0.25) is 6.54 Å². The summed E-state index contributed by atoms with van der Waals surface area (Å²) in [5.41, 5.74) is 7.39. The van der Waals surface area contributed by atoms with Crippen molar-refractivity contribution in [1.29, 1.82) is 0 Å². The smallest absolute Gasteiger partial charge is 0.387 e. The number of hydrogen-bond acceptors (Lipinski definition) is 16. The summed E-state index contributed by atoms with van der Waals surface area (Å²) in [6.07, 6.45) is -4.01. The van der Waals surface area contributed by atoms with Crippen LogP contribution >= 0.6 is 25.9 Å². The zero-order valence-corrected chi connectivity index (χ0v) is 26.4. The summed E-state index contributed by atoms with van der Waals surface area (Å²) < 4.78 is 65.6. The van der Waals surface area contributed by atoms with E-state index in [0.717, 1.165) is 0 Å². The predicted molar refractivity (Wildman–Crippen MR) is 155 cm³/mol. The lowest BCUT2D eigenvalue weighted by molar-refractivity contribution is -0.0504. The van der Waals surface area contributed by atoms with E-state index in [-0.39, 0.29) is 61.7 Å². The molecule has 0 aliphatic carbocycles.